The molecule has 0 aliphatic carbocycles. The highest BCUT2D eigenvalue weighted by molar-refractivity contribution is 7.80. The van der Waals surface area contributed by atoms with Gasteiger partial charge in [0.2, 0.25) is 0 Å². The van der Waals surface area contributed by atoms with Crippen molar-refractivity contribution in [1.82, 2.24) is 0 Å². The van der Waals surface area contributed by atoms with Gasteiger partial charge in [0, 0.05) is 5.41 Å². The van der Waals surface area contributed by atoms with Gasteiger partial charge < -0.3 is 4.74 Å². The number of thiol groups is 1. The standard InChI is InChI=1S/C13H28OS/c1-5-8-13(11-15,9-6-2)10-14-12(4)7-3/h12,15H,5-11H2,1-4H3. The maximum atomic E-state index is 5.90. The largest absolute Gasteiger partial charge is 0.378 e. The molecule has 2 heteroatoms. The minimum absolute atomic E-state index is 0.316. The molecule has 1 unspecified atom stereocenters. The Balaban J connectivity index is 4.19. The summed E-state index contributed by atoms with van der Waals surface area (Å²) in [7, 11) is 0. The molecule has 15 heavy (non-hydrogen) atoms. The Bertz CT molecular complexity index is 141. The molecule has 0 radical (unpaired) electrons. The van der Waals surface area contributed by atoms with Gasteiger partial charge in [0.15, 0.2) is 0 Å². The monoisotopic (exact) mass is 232 g/mol. The Kier molecular flexibility index (Phi) is 8.64. The Morgan fingerprint density at radius 1 is 1.13 bits per heavy atom. The molecular formula is C13H28OS. The van der Waals surface area contributed by atoms with Crippen LogP contribution in [-0.4, -0.2) is 18.5 Å². The number of hydrogen-bond donors (Lipinski definition) is 1. The summed E-state index contributed by atoms with van der Waals surface area (Å²) in [5, 5.41) is 0. The smallest absolute Gasteiger partial charge is 0.0544 e. The fourth-order valence-electron chi connectivity index (χ4n) is 1.97. The van der Waals surface area contributed by atoms with E-state index in [0.29, 0.717) is 11.5 Å². The lowest BCUT2D eigenvalue weighted by atomic mass is 9.82. The molecule has 0 aromatic rings. The second-order valence-corrected chi connectivity index (χ2v) is 5.00. The van der Waals surface area contributed by atoms with E-state index in [9.17, 15) is 0 Å². The molecule has 0 aliphatic heterocycles. The second-order valence-electron chi connectivity index (χ2n) is 4.69. The summed E-state index contributed by atoms with van der Waals surface area (Å²) in [6, 6.07) is 0. The summed E-state index contributed by atoms with van der Waals surface area (Å²) in [5.74, 6) is 0.950. The van der Waals surface area contributed by atoms with E-state index in [1.54, 1.807) is 0 Å². The first kappa shape index (κ1) is 15.3. The van der Waals surface area contributed by atoms with Crippen molar-refractivity contribution in [2.75, 3.05) is 12.4 Å². The molecule has 0 aromatic carbocycles. The van der Waals surface area contributed by atoms with Gasteiger partial charge in [0.1, 0.15) is 0 Å². The summed E-state index contributed by atoms with van der Waals surface area (Å²) in [4.78, 5) is 0. The highest BCUT2D eigenvalue weighted by atomic mass is 32.1. The number of hydrogen-bond acceptors (Lipinski definition) is 2. The van der Waals surface area contributed by atoms with Crippen molar-refractivity contribution in [2.45, 2.75) is 65.9 Å². The molecule has 1 atom stereocenters. The highest BCUT2D eigenvalue weighted by Gasteiger charge is 2.27. The molecule has 0 N–H and O–H groups in total. The van der Waals surface area contributed by atoms with Gasteiger partial charge in [-0.25, -0.2) is 0 Å². The molecule has 0 aromatic heterocycles. The first-order chi connectivity index (χ1) is 7.14. The summed E-state index contributed by atoms with van der Waals surface area (Å²) >= 11 is 4.52. The third kappa shape index (κ3) is 5.82. The second kappa shape index (κ2) is 8.46. The average Bonchev–Trinajstić information content (AvgIpc) is 2.26. The van der Waals surface area contributed by atoms with Crippen LogP contribution in [0.25, 0.3) is 0 Å². The maximum Gasteiger partial charge on any atom is 0.0544 e. The van der Waals surface area contributed by atoms with Gasteiger partial charge in [-0.2, -0.15) is 12.6 Å². The molecule has 92 valence electrons. The zero-order valence-corrected chi connectivity index (χ0v) is 11.8. The summed E-state index contributed by atoms with van der Waals surface area (Å²) in [5.41, 5.74) is 0.316. The molecule has 0 rings (SSSR count). The Hall–Kier alpha value is 0.310. The third-order valence-electron chi connectivity index (χ3n) is 3.15. The van der Waals surface area contributed by atoms with Gasteiger partial charge in [-0.1, -0.05) is 33.6 Å². The molecule has 0 saturated carbocycles. The fourth-order valence-corrected chi connectivity index (χ4v) is 2.38. The quantitative estimate of drug-likeness (QED) is 0.583. The van der Waals surface area contributed by atoms with Crippen LogP contribution in [0.3, 0.4) is 0 Å². The van der Waals surface area contributed by atoms with E-state index < -0.39 is 0 Å². The molecular weight excluding hydrogens is 204 g/mol. The van der Waals surface area contributed by atoms with Crippen LogP contribution >= 0.6 is 12.6 Å². The Morgan fingerprint density at radius 3 is 2.00 bits per heavy atom. The maximum absolute atomic E-state index is 5.90. The summed E-state index contributed by atoms with van der Waals surface area (Å²) in [6.07, 6.45) is 6.41. The van der Waals surface area contributed by atoms with Gasteiger partial charge >= 0.3 is 0 Å². The number of ether oxygens (including phenoxy) is 1. The van der Waals surface area contributed by atoms with Crippen LogP contribution in [0, 0.1) is 5.41 Å². The predicted octanol–water partition coefficient (Wildman–Crippen LogP) is 4.32. The van der Waals surface area contributed by atoms with E-state index >= 15 is 0 Å². The lowest BCUT2D eigenvalue weighted by molar-refractivity contribution is -0.00134. The predicted molar refractivity (Wildman–Crippen MR) is 71.8 cm³/mol. The molecule has 0 fully saturated rings. The Morgan fingerprint density at radius 2 is 1.67 bits per heavy atom. The lowest BCUT2D eigenvalue weighted by Gasteiger charge is -2.32. The van der Waals surface area contributed by atoms with Crippen molar-refractivity contribution in [3.8, 4) is 0 Å². The third-order valence-corrected chi connectivity index (χ3v) is 3.82. The van der Waals surface area contributed by atoms with Crippen molar-refractivity contribution in [3.05, 3.63) is 0 Å². The van der Waals surface area contributed by atoms with E-state index in [4.69, 9.17) is 4.74 Å². The molecule has 0 spiro atoms. The summed E-state index contributed by atoms with van der Waals surface area (Å²) < 4.78 is 5.90. The van der Waals surface area contributed by atoms with Crippen LogP contribution in [0.5, 0.6) is 0 Å². The molecule has 0 aliphatic rings. The highest BCUT2D eigenvalue weighted by Crippen LogP contribution is 2.32. The molecule has 0 bridgehead atoms. The van der Waals surface area contributed by atoms with E-state index in [0.717, 1.165) is 18.8 Å². The van der Waals surface area contributed by atoms with Crippen molar-refractivity contribution in [2.24, 2.45) is 5.41 Å². The summed E-state index contributed by atoms with van der Waals surface area (Å²) in [6.45, 7) is 9.70. The Labute approximate surface area is 101 Å². The SMILES string of the molecule is CCCC(CS)(CCC)COC(C)CC. The first-order valence-corrected chi connectivity index (χ1v) is 6.99. The zero-order chi connectivity index (χ0) is 11.7. The molecule has 0 amide bonds. The van der Waals surface area contributed by atoms with E-state index in [2.05, 4.69) is 40.3 Å². The fraction of sp³-hybridized carbons (Fsp3) is 1.00. The van der Waals surface area contributed by atoms with Crippen LogP contribution in [0.4, 0.5) is 0 Å². The minimum Gasteiger partial charge on any atom is -0.378 e. The van der Waals surface area contributed by atoms with E-state index in [1.165, 1.54) is 25.7 Å². The van der Waals surface area contributed by atoms with Crippen molar-refractivity contribution < 1.29 is 4.74 Å². The van der Waals surface area contributed by atoms with Gasteiger partial charge in [0.25, 0.3) is 0 Å². The van der Waals surface area contributed by atoms with E-state index in [1.807, 2.05) is 0 Å². The van der Waals surface area contributed by atoms with Crippen LogP contribution in [0.2, 0.25) is 0 Å². The van der Waals surface area contributed by atoms with Gasteiger partial charge in [0.05, 0.1) is 12.7 Å². The van der Waals surface area contributed by atoms with Crippen LogP contribution < -0.4 is 0 Å². The van der Waals surface area contributed by atoms with Gasteiger partial charge in [-0.3, -0.25) is 0 Å². The lowest BCUT2D eigenvalue weighted by Crippen LogP contribution is -2.30. The van der Waals surface area contributed by atoms with Crippen LogP contribution in [0.15, 0.2) is 0 Å². The molecule has 1 nitrogen and oxygen atoms in total. The van der Waals surface area contributed by atoms with Crippen LogP contribution in [-0.2, 0) is 4.74 Å². The van der Waals surface area contributed by atoms with Gasteiger partial charge in [-0.15, -0.1) is 0 Å². The van der Waals surface area contributed by atoms with E-state index in [-0.39, 0.29) is 0 Å². The van der Waals surface area contributed by atoms with Crippen molar-refractivity contribution >= 4 is 12.6 Å². The topological polar surface area (TPSA) is 9.23 Å². The normalized spacial score (nSPS) is 14.2. The average molecular weight is 232 g/mol. The molecule has 0 heterocycles. The van der Waals surface area contributed by atoms with Crippen molar-refractivity contribution in [3.63, 3.8) is 0 Å². The minimum atomic E-state index is 0.316. The van der Waals surface area contributed by atoms with Gasteiger partial charge in [-0.05, 0) is 31.9 Å². The van der Waals surface area contributed by atoms with Crippen LogP contribution in [0.1, 0.15) is 59.8 Å². The van der Waals surface area contributed by atoms with Crippen molar-refractivity contribution in [1.29, 1.82) is 0 Å². The molecule has 0 saturated heterocycles. The first-order valence-electron chi connectivity index (χ1n) is 6.36. The number of rotatable bonds is 9. The zero-order valence-electron chi connectivity index (χ0n) is 10.9.